The summed E-state index contributed by atoms with van der Waals surface area (Å²) in [7, 11) is 0. The van der Waals surface area contributed by atoms with Crippen LogP contribution >= 0.6 is 0 Å². The molecule has 3 rings (SSSR count). The van der Waals surface area contributed by atoms with E-state index in [1.165, 1.54) is 5.56 Å². The lowest BCUT2D eigenvalue weighted by Gasteiger charge is -2.08. The van der Waals surface area contributed by atoms with Crippen LogP contribution < -0.4 is 10.1 Å². The van der Waals surface area contributed by atoms with Crippen LogP contribution in [0.25, 0.3) is 6.08 Å². The van der Waals surface area contributed by atoms with Gasteiger partial charge in [0.2, 0.25) is 5.91 Å². The molecule has 28 heavy (non-hydrogen) atoms. The molecular weight excluding hydrogens is 346 g/mol. The molecule has 3 heteroatoms. The van der Waals surface area contributed by atoms with Gasteiger partial charge in [-0.2, -0.15) is 0 Å². The van der Waals surface area contributed by atoms with Crippen LogP contribution in [0.4, 0.5) is 5.69 Å². The maximum absolute atomic E-state index is 12.1. The molecule has 3 nitrogen and oxygen atoms in total. The predicted molar refractivity (Wildman–Crippen MR) is 115 cm³/mol. The first-order valence-corrected chi connectivity index (χ1v) is 9.46. The zero-order valence-corrected chi connectivity index (χ0v) is 16.3. The first kappa shape index (κ1) is 19.4. The van der Waals surface area contributed by atoms with Gasteiger partial charge in [0.1, 0.15) is 12.4 Å². The van der Waals surface area contributed by atoms with E-state index >= 15 is 0 Å². The predicted octanol–water partition coefficient (Wildman–Crippen LogP) is 6.04. The molecule has 0 aliphatic heterocycles. The van der Waals surface area contributed by atoms with Crippen molar-refractivity contribution >= 4 is 17.7 Å². The zero-order chi connectivity index (χ0) is 19.8. The number of rotatable bonds is 7. The Bertz CT molecular complexity index is 911. The van der Waals surface area contributed by atoms with E-state index in [-0.39, 0.29) is 5.91 Å². The van der Waals surface area contributed by atoms with Gasteiger partial charge < -0.3 is 10.1 Å². The van der Waals surface area contributed by atoms with Crippen molar-refractivity contribution in [3.05, 3.63) is 102 Å². The van der Waals surface area contributed by atoms with Gasteiger partial charge in [0.15, 0.2) is 0 Å². The molecule has 3 aromatic carbocycles. The van der Waals surface area contributed by atoms with Crippen LogP contribution in [0.2, 0.25) is 0 Å². The average Bonchev–Trinajstić information content (AvgIpc) is 2.73. The van der Waals surface area contributed by atoms with E-state index in [9.17, 15) is 4.79 Å². The Balaban J connectivity index is 1.51. The van der Waals surface area contributed by atoms with Crippen LogP contribution in [0.1, 0.15) is 36.5 Å². The summed E-state index contributed by atoms with van der Waals surface area (Å²) in [4.78, 5) is 12.1. The summed E-state index contributed by atoms with van der Waals surface area (Å²) < 4.78 is 5.76. The normalized spacial score (nSPS) is 11.0. The Morgan fingerprint density at radius 3 is 2.25 bits per heavy atom. The number of carbonyl (C=O) groups is 1. The van der Waals surface area contributed by atoms with E-state index in [0.29, 0.717) is 12.5 Å². The van der Waals surface area contributed by atoms with Gasteiger partial charge in [-0.05, 0) is 52.9 Å². The molecule has 0 bridgehead atoms. The van der Waals surface area contributed by atoms with Gasteiger partial charge in [-0.15, -0.1) is 0 Å². The van der Waals surface area contributed by atoms with Crippen LogP contribution in [-0.4, -0.2) is 5.91 Å². The second-order valence-electron chi connectivity index (χ2n) is 6.94. The number of ether oxygens (including phenoxy) is 1. The molecular formula is C25H25NO2. The Morgan fingerprint density at radius 2 is 1.61 bits per heavy atom. The van der Waals surface area contributed by atoms with E-state index in [1.807, 2.05) is 72.8 Å². The minimum absolute atomic E-state index is 0.161. The highest BCUT2D eigenvalue weighted by Gasteiger charge is 2.01. The summed E-state index contributed by atoms with van der Waals surface area (Å²) in [5.41, 5.74) is 4.14. The lowest BCUT2D eigenvalue weighted by molar-refractivity contribution is -0.111. The molecule has 0 radical (unpaired) electrons. The van der Waals surface area contributed by atoms with Gasteiger partial charge in [0.25, 0.3) is 0 Å². The highest BCUT2D eigenvalue weighted by atomic mass is 16.5. The second kappa shape index (κ2) is 9.56. The summed E-state index contributed by atoms with van der Waals surface area (Å²) in [5.74, 6) is 1.11. The van der Waals surface area contributed by atoms with E-state index in [1.54, 1.807) is 6.08 Å². The molecule has 0 saturated heterocycles. The lowest BCUT2D eigenvalue weighted by Crippen LogP contribution is -2.07. The van der Waals surface area contributed by atoms with Crippen LogP contribution in [0.3, 0.4) is 0 Å². The third kappa shape index (κ3) is 5.85. The monoisotopic (exact) mass is 371 g/mol. The quantitative estimate of drug-likeness (QED) is 0.514. The van der Waals surface area contributed by atoms with Crippen molar-refractivity contribution in [3.8, 4) is 5.75 Å². The Hall–Kier alpha value is -3.33. The third-order valence-corrected chi connectivity index (χ3v) is 4.40. The van der Waals surface area contributed by atoms with E-state index in [4.69, 9.17) is 4.74 Å². The molecule has 3 aromatic rings. The maximum atomic E-state index is 12.1. The largest absolute Gasteiger partial charge is 0.489 e. The molecule has 0 atom stereocenters. The fourth-order valence-electron chi connectivity index (χ4n) is 2.72. The number of amides is 1. The molecule has 0 unspecified atom stereocenters. The zero-order valence-electron chi connectivity index (χ0n) is 16.3. The summed E-state index contributed by atoms with van der Waals surface area (Å²) in [6.45, 7) is 4.84. The van der Waals surface area contributed by atoms with Crippen molar-refractivity contribution in [2.24, 2.45) is 0 Å². The molecule has 0 spiro atoms. The number of benzene rings is 3. The summed E-state index contributed by atoms with van der Waals surface area (Å²) in [6, 6.07) is 25.6. The van der Waals surface area contributed by atoms with Gasteiger partial charge in [0.05, 0.1) is 0 Å². The van der Waals surface area contributed by atoms with Gasteiger partial charge in [-0.1, -0.05) is 68.4 Å². The van der Waals surface area contributed by atoms with Gasteiger partial charge in [-0.25, -0.2) is 0 Å². The number of hydrogen-bond donors (Lipinski definition) is 1. The van der Waals surface area contributed by atoms with Crippen molar-refractivity contribution in [2.75, 3.05) is 5.32 Å². The first-order chi connectivity index (χ1) is 13.6. The first-order valence-electron chi connectivity index (χ1n) is 9.46. The molecule has 1 N–H and O–H groups in total. The van der Waals surface area contributed by atoms with Gasteiger partial charge in [0, 0.05) is 11.8 Å². The van der Waals surface area contributed by atoms with E-state index in [2.05, 4.69) is 31.3 Å². The second-order valence-corrected chi connectivity index (χ2v) is 6.94. The van der Waals surface area contributed by atoms with Crippen molar-refractivity contribution in [2.45, 2.75) is 26.4 Å². The molecule has 0 aromatic heterocycles. The van der Waals surface area contributed by atoms with E-state index < -0.39 is 0 Å². The lowest BCUT2D eigenvalue weighted by atomic mass is 10.0. The summed E-state index contributed by atoms with van der Waals surface area (Å²) in [6.07, 6.45) is 3.36. The highest BCUT2D eigenvalue weighted by Crippen LogP contribution is 2.18. The van der Waals surface area contributed by atoms with Crippen molar-refractivity contribution in [1.29, 1.82) is 0 Å². The van der Waals surface area contributed by atoms with Crippen LogP contribution in [0.5, 0.6) is 5.75 Å². The topological polar surface area (TPSA) is 38.3 Å². The SMILES string of the molecule is CC(C)c1ccc(/C=C/C(=O)Nc2ccc(OCc3ccccc3)cc2)cc1. The Kier molecular flexibility index (Phi) is 6.64. The minimum atomic E-state index is -0.161. The smallest absolute Gasteiger partial charge is 0.248 e. The van der Waals surface area contributed by atoms with Crippen molar-refractivity contribution in [3.63, 3.8) is 0 Å². The molecule has 0 fully saturated rings. The summed E-state index contributed by atoms with van der Waals surface area (Å²) in [5, 5.41) is 2.86. The van der Waals surface area contributed by atoms with Gasteiger partial charge >= 0.3 is 0 Å². The van der Waals surface area contributed by atoms with E-state index in [0.717, 1.165) is 22.6 Å². The molecule has 0 aliphatic carbocycles. The summed E-state index contributed by atoms with van der Waals surface area (Å²) >= 11 is 0. The Morgan fingerprint density at radius 1 is 0.929 bits per heavy atom. The minimum Gasteiger partial charge on any atom is -0.489 e. The highest BCUT2D eigenvalue weighted by molar-refractivity contribution is 6.01. The number of hydrogen-bond acceptors (Lipinski definition) is 2. The standard InChI is InChI=1S/C25H25NO2/c1-19(2)22-11-8-20(9-12-22)10-17-25(27)26-23-13-15-24(16-14-23)28-18-21-6-4-3-5-7-21/h3-17,19H,18H2,1-2H3,(H,26,27)/b17-10+. The molecule has 0 aliphatic rings. The number of anilines is 1. The Labute approximate surface area is 166 Å². The van der Waals surface area contributed by atoms with Crippen LogP contribution in [0, 0.1) is 0 Å². The number of nitrogens with one attached hydrogen (secondary N) is 1. The third-order valence-electron chi connectivity index (χ3n) is 4.40. The fourth-order valence-corrected chi connectivity index (χ4v) is 2.72. The van der Waals surface area contributed by atoms with Crippen molar-refractivity contribution in [1.82, 2.24) is 0 Å². The van der Waals surface area contributed by atoms with Crippen molar-refractivity contribution < 1.29 is 9.53 Å². The van der Waals surface area contributed by atoms with Gasteiger partial charge in [-0.3, -0.25) is 4.79 Å². The molecule has 0 heterocycles. The number of carbonyl (C=O) groups excluding carboxylic acids is 1. The maximum Gasteiger partial charge on any atom is 0.248 e. The molecule has 1 amide bonds. The molecule has 142 valence electrons. The average molecular weight is 371 g/mol. The van der Waals surface area contributed by atoms with Crippen LogP contribution in [-0.2, 0) is 11.4 Å². The fraction of sp³-hybridized carbons (Fsp3) is 0.160. The van der Waals surface area contributed by atoms with Crippen LogP contribution in [0.15, 0.2) is 84.9 Å². The molecule has 0 saturated carbocycles.